The molecule has 0 aliphatic carbocycles. The number of methoxy groups -OCH3 is 1. The highest BCUT2D eigenvalue weighted by atomic mass is 31.2. The average molecular weight is 316 g/mol. The maximum atomic E-state index is 14.4. The lowest BCUT2D eigenvalue weighted by molar-refractivity contribution is 0.0204. The molecule has 1 saturated heterocycles. The predicted molar refractivity (Wildman–Crippen MR) is 75.7 cm³/mol. The van der Waals surface area contributed by atoms with E-state index in [0.717, 1.165) is 12.9 Å². The van der Waals surface area contributed by atoms with Crippen LogP contribution in [0.1, 0.15) is 11.7 Å². The molecule has 0 saturated carbocycles. The standard InChI is InChI=1S/C14H18FO5P/c1-18-14-11(8-9-21(16,17)19-2)20-13(12(14)15)10-6-4-3-5-7-10/h3-9,11-14H,1-2H3,(H,16,17)/b9-8+/t11-,12+,13+,14-/m1/s1. The van der Waals surface area contributed by atoms with Gasteiger partial charge in [-0.15, -0.1) is 0 Å². The van der Waals surface area contributed by atoms with Gasteiger partial charge in [-0.25, -0.2) is 4.39 Å². The second kappa shape index (κ2) is 6.81. The summed E-state index contributed by atoms with van der Waals surface area (Å²) in [4.78, 5) is 9.35. The number of rotatable bonds is 5. The molecule has 1 fully saturated rings. The fraction of sp³-hybridized carbons (Fsp3) is 0.429. The molecule has 7 heteroatoms. The second-order valence-electron chi connectivity index (χ2n) is 4.66. The van der Waals surface area contributed by atoms with Crippen LogP contribution >= 0.6 is 7.60 Å². The summed E-state index contributed by atoms with van der Waals surface area (Å²) in [6.45, 7) is 0. The first-order valence-electron chi connectivity index (χ1n) is 6.43. The molecule has 5 atom stereocenters. The van der Waals surface area contributed by atoms with Gasteiger partial charge in [-0.1, -0.05) is 30.3 Å². The molecule has 2 rings (SSSR count). The Bertz CT molecular complexity index is 535. The Kier molecular flexibility index (Phi) is 5.30. The van der Waals surface area contributed by atoms with Crippen molar-refractivity contribution in [3.05, 3.63) is 47.8 Å². The Balaban J connectivity index is 2.19. The largest absolute Gasteiger partial charge is 0.375 e. The van der Waals surface area contributed by atoms with E-state index in [1.165, 1.54) is 13.2 Å². The second-order valence-corrected chi connectivity index (χ2v) is 6.46. The van der Waals surface area contributed by atoms with Gasteiger partial charge in [0.05, 0.1) is 0 Å². The number of hydrogen-bond donors (Lipinski definition) is 1. The normalized spacial score (nSPS) is 32.4. The van der Waals surface area contributed by atoms with E-state index in [2.05, 4.69) is 4.52 Å². The lowest BCUT2D eigenvalue weighted by Gasteiger charge is -2.14. The third kappa shape index (κ3) is 3.78. The van der Waals surface area contributed by atoms with Crippen molar-refractivity contribution in [3.8, 4) is 0 Å². The molecule has 0 aromatic heterocycles. The first kappa shape index (κ1) is 16.3. The topological polar surface area (TPSA) is 65.0 Å². The van der Waals surface area contributed by atoms with Gasteiger partial charge in [0.15, 0.2) is 6.17 Å². The van der Waals surface area contributed by atoms with Crippen molar-refractivity contribution in [1.29, 1.82) is 0 Å². The third-order valence-corrected chi connectivity index (χ3v) is 4.43. The molecule has 0 radical (unpaired) electrons. The van der Waals surface area contributed by atoms with Gasteiger partial charge in [0.25, 0.3) is 0 Å². The summed E-state index contributed by atoms with van der Waals surface area (Å²) in [7, 11) is -1.31. The van der Waals surface area contributed by atoms with Crippen molar-refractivity contribution in [2.75, 3.05) is 14.2 Å². The number of hydrogen-bond acceptors (Lipinski definition) is 4. The van der Waals surface area contributed by atoms with Crippen molar-refractivity contribution in [3.63, 3.8) is 0 Å². The first-order chi connectivity index (χ1) is 9.98. The van der Waals surface area contributed by atoms with Crippen LogP contribution in [0.4, 0.5) is 4.39 Å². The molecule has 21 heavy (non-hydrogen) atoms. The molecular weight excluding hydrogens is 298 g/mol. The molecule has 1 unspecified atom stereocenters. The van der Waals surface area contributed by atoms with Crippen molar-refractivity contribution < 1.29 is 27.8 Å². The van der Waals surface area contributed by atoms with Crippen LogP contribution in [0.2, 0.25) is 0 Å². The average Bonchev–Trinajstić information content (AvgIpc) is 2.82. The number of benzene rings is 1. The van der Waals surface area contributed by atoms with Gasteiger partial charge in [0, 0.05) is 20.0 Å². The quantitative estimate of drug-likeness (QED) is 0.846. The molecule has 5 nitrogen and oxygen atoms in total. The van der Waals surface area contributed by atoms with E-state index >= 15 is 0 Å². The van der Waals surface area contributed by atoms with Crippen LogP contribution < -0.4 is 0 Å². The number of halogens is 1. The lowest BCUT2D eigenvalue weighted by atomic mass is 10.0. The molecule has 1 aliphatic heterocycles. The Morgan fingerprint density at radius 1 is 1.33 bits per heavy atom. The number of alkyl halides is 1. The highest BCUT2D eigenvalue weighted by molar-refractivity contribution is 7.56. The smallest absolute Gasteiger partial charge is 0.351 e. The van der Waals surface area contributed by atoms with Gasteiger partial charge in [0.2, 0.25) is 0 Å². The molecule has 1 aromatic rings. The van der Waals surface area contributed by atoms with Crippen LogP contribution in [0.5, 0.6) is 0 Å². The zero-order valence-electron chi connectivity index (χ0n) is 11.8. The SMILES string of the molecule is CO[C@H]1[C@@H](F)[C@H](c2ccccc2)O[C@@H]1/C=C/P(=O)(O)OC. The Morgan fingerprint density at radius 3 is 2.57 bits per heavy atom. The maximum absolute atomic E-state index is 14.4. The van der Waals surface area contributed by atoms with E-state index in [1.807, 2.05) is 6.07 Å². The monoisotopic (exact) mass is 316 g/mol. The van der Waals surface area contributed by atoms with Crippen molar-refractivity contribution >= 4 is 7.60 Å². The zero-order chi connectivity index (χ0) is 15.5. The Morgan fingerprint density at radius 2 is 2.00 bits per heavy atom. The van der Waals surface area contributed by atoms with Crippen LogP contribution in [0.3, 0.4) is 0 Å². The van der Waals surface area contributed by atoms with Crippen LogP contribution in [-0.4, -0.2) is 37.5 Å². The fourth-order valence-electron chi connectivity index (χ4n) is 2.25. The van der Waals surface area contributed by atoms with Gasteiger partial charge < -0.3 is 18.9 Å². The van der Waals surface area contributed by atoms with Gasteiger partial charge >= 0.3 is 7.60 Å². The van der Waals surface area contributed by atoms with Gasteiger partial charge in [-0.3, -0.25) is 4.57 Å². The van der Waals surface area contributed by atoms with Crippen LogP contribution in [-0.2, 0) is 18.6 Å². The molecule has 0 bridgehead atoms. The highest BCUT2D eigenvalue weighted by Crippen LogP contribution is 2.44. The summed E-state index contributed by atoms with van der Waals surface area (Å²) in [6, 6.07) is 8.95. The molecule has 1 aromatic carbocycles. The molecule has 0 amide bonds. The van der Waals surface area contributed by atoms with E-state index in [4.69, 9.17) is 9.47 Å². The molecule has 1 N–H and O–H groups in total. The minimum atomic E-state index is -3.81. The molecule has 1 aliphatic rings. The predicted octanol–water partition coefficient (Wildman–Crippen LogP) is 2.83. The number of ether oxygens (including phenoxy) is 2. The van der Waals surface area contributed by atoms with Crippen LogP contribution in [0, 0.1) is 0 Å². The van der Waals surface area contributed by atoms with Crippen molar-refractivity contribution in [1.82, 2.24) is 0 Å². The summed E-state index contributed by atoms with van der Waals surface area (Å²) in [5.74, 6) is 0.990. The van der Waals surface area contributed by atoms with Gasteiger partial charge in [-0.05, 0) is 11.6 Å². The summed E-state index contributed by atoms with van der Waals surface area (Å²) < 4.78 is 41.1. The van der Waals surface area contributed by atoms with Gasteiger partial charge in [-0.2, -0.15) is 0 Å². The molecular formula is C14H18FO5P. The van der Waals surface area contributed by atoms with Crippen molar-refractivity contribution in [2.24, 2.45) is 0 Å². The fourth-order valence-corrected chi connectivity index (χ4v) is 2.76. The lowest BCUT2D eigenvalue weighted by Crippen LogP contribution is -2.28. The van der Waals surface area contributed by atoms with E-state index in [0.29, 0.717) is 5.56 Å². The zero-order valence-corrected chi connectivity index (χ0v) is 12.7. The van der Waals surface area contributed by atoms with Gasteiger partial charge in [0.1, 0.15) is 18.3 Å². The van der Waals surface area contributed by atoms with E-state index < -0.39 is 32.1 Å². The maximum Gasteiger partial charge on any atom is 0.351 e. The van der Waals surface area contributed by atoms with Crippen LogP contribution in [0.15, 0.2) is 42.2 Å². The summed E-state index contributed by atoms with van der Waals surface area (Å²) >= 11 is 0. The minimum absolute atomic E-state index is 0.696. The first-order valence-corrected chi connectivity index (χ1v) is 8.08. The Labute approximate surface area is 122 Å². The Hall–Kier alpha value is -1.04. The van der Waals surface area contributed by atoms with Crippen LogP contribution in [0.25, 0.3) is 0 Å². The summed E-state index contributed by atoms with van der Waals surface area (Å²) in [6.07, 6.45) is -2.43. The third-order valence-electron chi connectivity index (χ3n) is 3.36. The van der Waals surface area contributed by atoms with Crippen molar-refractivity contribution in [2.45, 2.75) is 24.5 Å². The molecule has 116 valence electrons. The highest BCUT2D eigenvalue weighted by Gasteiger charge is 2.45. The minimum Gasteiger partial charge on any atom is -0.375 e. The summed E-state index contributed by atoms with van der Waals surface area (Å²) in [5, 5.41) is 0. The van der Waals surface area contributed by atoms with E-state index in [9.17, 15) is 13.8 Å². The molecule has 0 spiro atoms. The van der Waals surface area contributed by atoms with E-state index in [1.54, 1.807) is 24.3 Å². The molecule has 1 heterocycles. The summed E-state index contributed by atoms with van der Waals surface area (Å²) in [5.41, 5.74) is 0.696. The van der Waals surface area contributed by atoms with E-state index in [-0.39, 0.29) is 0 Å².